The first-order valence-corrected chi connectivity index (χ1v) is 5.98. The van der Waals surface area contributed by atoms with E-state index in [1.54, 1.807) is 0 Å². The first kappa shape index (κ1) is 11.2. The van der Waals surface area contributed by atoms with Crippen molar-refractivity contribution in [1.29, 1.82) is 0 Å². The maximum atomic E-state index is 11.6. The highest BCUT2D eigenvalue weighted by Gasteiger charge is 2.24. The number of benzene rings is 1. The number of carbonyl (C=O) groups is 1. The highest BCUT2D eigenvalue weighted by Crippen LogP contribution is 2.36. The van der Waals surface area contributed by atoms with Crippen molar-refractivity contribution in [2.45, 2.75) is 39.5 Å². The van der Waals surface area contributed by atoms with Gasteiger partial charge in [-0.05, 0) is 42.4 Å². The number of amides is 1. The molecule has 1 amide bonds. The van der Waals surface area contributed by atoms with Crippen LogP contribution in [0.5, 0.6) is 0 Å². The van der Waals surface area contributed by atoms with Crippen LogP contribution in [-0.2, 0) is 4.79 Å². The van der Waals surface area contributed by atoms with Crippen molar-refractivity contribution in [3.05, 3.63) is 29.3 Å². The Bertz CT molecular complexity index is 409. The van der Waals surface area contributed by atoms with Crippen LogP contribution in [0.4, 0.5) is 5.69 Å². The molecule has 16 heavy (non-hydrogen) atoms. The zero-order valence-corrected chi connectivity index (χ0v) is 10.2. The third kappa shape index (κ3) is 2.11. The quantitative estimate of drug-likeness (QED) is 0.766. The molecule has 1 aromatic rings. The van der Waals surface area contributed by atoms with Crippen LogP contribution >= 0.6 is 0 Å². The molecule has 0 spiro atoms. The molecule has 0 aliphatic carbocycles. The number of hydrogen-bond acceptors (Lipinski definition) is 1. The van der Waals surface area contributed by atoms with Crippen molar-refractivity contribution >= 4 is 11.6 Å². The molecule has 1 atom stereocenters. The summed E-state index contributed by atoms with van der Waals surface area (Å²) in [6.45, 7) is 6.51. The van der Waals surface area contributed by atoms with Gasteiger partial charge in [0.25, 0.3) is 0 Å². The molecule has 0 radical (unpaired) electrons. The Morgan fingerprint density at radius 2 is 2.12 bits per heavy atom. The van der Waals surface area contributed by atoms with Gasteiger partial charge in [0.2, 0.25) is 5.91 Å². The maximum Gasteiger partial charge on any atom is 0.224 e. The van der Waals surface area contributed by atoms with Gasteiger partial charge in [-0.2, -0.15) is 0 Å². The fraction of sp³-hybridized carbons (Fsp3) is 0.500. The van der Waals surface area contributed by atoms with E-state index in [2.05, 4.69) is 44.3 Å². The molecule has 0 unspecified atom stereocenters. The van der Waals surface area contributed by atoms with Crippen LogP contribution in [0.25, 0.3) is 0 Å². The van der Waals surface area contributed by atoms with Gasteiger partial charge in [-0.1, -0.05) is 26.0 Å². The van der Waals surface area contributed by atoms with Crippen LogP contribution in [0, 0.1) is 12.8 Å². The molecule has 1 aromatic carbocycles. The van der Waals surface area contributed by atoms with E-state index in [4.69, 9.17) is 0 Å². The van der Waals surface area contributed by atoms with E-state index in [1.165, 1.54) is 11.1 Å². The summed E-state index contributed by atoms with van der Waals surface area (Å²) in [5, 5.41) is 3.01. The van der Waals surface area contributed by atoms with Gasteiger partial charge in [0.15, 0.2) is 0 Å². The van der Waals surface area contributed by atoms with Crippen LogP contribution in [0.2, 0.25) is 0 Å². The Morgan fingerprint density at radius 1 is 1.38 bits per heavy atom. The number of rotatable bonds is 1. The van der Waals surface area contributed by atoms with Crippen LogP contribution < -0.4 is 5.32 Å². The van der Waals surface area contributed by atoms with Crippen molar-refractivity contribution in [2.24, 2.45) is 5.92 Å². The molecule has 1 N–H and O–H groups in total. The molecule has 2 rings (SSSR count). The Balaban J connectivity index is 2.46. The molecule has 2 heteroatoms. The molecular formula is C14H19NO. The molecular weight excluding hydrogens is 198 g/mol. The van der Waals surface area contributed by atoms with E-state index in [-0.39, 0.29) is 5.91 Å². The molecule has 1 aliphatic heterocycles. The molecule has 0 bridgehead atoms. The third-order valence-corrected chi connectivity index (χ3v) is 3.37. The number of nitrogens with one attached hydrogen (secondary N) is 1. The minimum atomic E-state index is 0.148. The van der Waals surface area contributed by atoms with Gasteiger partial charge in [-0.15, -0.1) is 0 Å². The summed E-state index contributed by atoms with van der Waals surface area (Å²) in [4.78, 5) is 11.6. The number of fused-ring (bicyclic) bond motifs is 1. The Kier molecular flexibility index (Phi) is 2.99. The molecule has 0 saturated heterocycles. The van der Waals surface area contributed by atoms with Crippen molar-refractivity contribution in [3.8, 4) is 0 Å². The van der Waals surface area contributed by atoms with Gasteiger partial charge < -0.3 is 5.32 Å². The van der Waals surface area contributed by atoms with Gasteiger partial charge in [0.1, 0.15) is 0 Å². The van der Waals surface area contributed by atoms with E-state index >= 15 is 0 Å². The highest BCUT2D eigenvalue weighted by molar-refractivity contribution is 5.92. The smallest absolute Gasteiger partial charge is 0.224 e. The standard InChI is InChI=1S/C14H19NO/c1-9(2)11-6-7-14(16)15-13-8-10(3)4-5-12(11)13/h4-5,8-9,11H,6-7H2,1-3H3,(H,15,16)/t11-/m1/s1. The molecule has 86 valence electrons. The number of carbonyl (C=O) groups excluding carboxylic acids is 1. The lowest BCUT2D eigenvalue weighted by Gasteiger charge is -2.20. The second-order valence-electron chi connectivity index (χ2n) is 5.03. The minimum Gasteiger partial charge on any atom is -0.326 e. The third-order valence-electron chi connectivity index (χ3n) is 3.37. The summed E-state index contributed by atoms with van der Waals surface area (Å²) in [5.74, 6) is 1.22. The zero-order valence-electron chi connectivity index (χ0n) is 10.2. The fourth-order valence-electron chi connectivity index (χ4n) is 2.45. The largest absolute Gasteiger partial charge is 0.326 e. The molecule has 1 aliphatic rings. The lowest BCUT2D eigenvalue weighted by Crippen LogP contribution is -2.09. The van der Waals surface area contributed by atoms with Crippen LogP contribution in [0.1, 0.15) is 43.7 Å². The van der Waals surface area contributed by atoms with Crippen LogP contribution in [-0.4, -0.2) is 5.91 Å². The predicted molar refractivity (Wildman–Crippen MR) is 66.6 cm³/mol. The second kappa shape index (κ2) is 4.28. The topological polar surface area (TPSA) is 29.1 Å². The Morgan fingerprint density at radius 3 is 2.81 bits per heavy atom. The molecule has 0 saturated carbocycles. The van der Waals surface area contributed by atoms with Gasteiger partial charge in [-0.25, -0.2) is 0 Å². The van der Waals surface area contributed by atoms with E-state index in [9.17, 15) is 4.79 Å². The summed E-state index contributed by atoms with van der Waals surface area (Å²) in [6, 6.07) is 6.38. The normalized spacial score (nSPS) is 20.2. The first-order chi connectivity index (χ1) is 7.58. The number of hydrogen-bond donors (Lipinski definition) is 1. The van der Waals surface area contributed by atoms with Gasteiger partial charge in [0.05, 0.1) is 0 Å². The number of anilines is 1. The summed E-state index contributed by atoms with van der Waals surface area (Å²) in [5.41, 5.74) is 3.51. The SMILES string of the molecule is Cc1ccc2c(c1)NC(=O)CC[C@@H]2C(C)C. The van der Waals surface area contributed by atoms with Crippen LogP contribution in [0.15, 0.2) is 18.2 Å². The lowest BCUT2D eigenvalue weighted by atomic mass is 9.84. The Labute approximate surface area is 97.1 Å². The number of aryl methyl sites for hydroxylation is 1. The van der Waals surface area contributed by atoms with E-state index in [1.807, 2.05) is 0 Å². The second-order valence-corrected chi connectivity index (χ2v) is 5.03. The summed E-state index contributed by atoms with van der Waals surface area (Å²) in [6.07, 6.45) is 1.59. The zero-order chi connectivity index (χ0) is 11.7. The lowest BCUT2D eigenvalue weighted by molar-refractivity contribution is -0.116. The highest BCUT2D eigenvalue weighted by atomic mass is 16.1. The van der Waals surface area contributed by atoms with Crippen molar-refractivity contribution in [1.82, 2.24) is 0 Å². The Hall–Kier alpha value is -1.31. The molecule has 0 fully saturated rings. The van der Waals surface area contributed by atoms with E-state index < -0.39 is 0 Å². The summed E-state index contributed by atoms with van der Waals surface area (Å²) >= 11 is 0. The summed E-state index contributed by atoms with van der Waals surface area (Å²) in [7, 11) is 0. The molecule has 0 aromatic heterocycles. The fourth-order valence-corrected chi connectivity index (χ4v) is 2.45. The summed E-state index contributed by atoms with van der Waals surface area (Å²) < 4.78 is 0. The maximum absolute atomic E-state index is 11.6. The average molecular weight is 217 g/mol. The van der Waals surface area contributed by atoms with Gasteiger partial charge in [-0.3, -0.25) is 4.79 Å². The molecule has 1 heterocycles. The van der Waals surface area contributed by atoms with Gasteiger partial charge in [0, 0.05) is 12.1 Å². The minimum absolute atomic E-state index is 0.148. The molecule has 2 nitrogen and oxygen atoms in total. The van der Waals surface area contributed by atoms with Crippen molar-refractivity contribution in [2.75, 3.05) is 5.32 Å². The van der Waals surface area contributed by atoms with Crippen molar-refractivity contribution < 1.29 is 4.79 Å². The van der Waals surface area contributed by atoms with E-state index in [0.717, 1.165) is 12.1 Å². The van der Waals surface area contributed by atoms with Gasteiger partial charge >= 0.3 is 0 Å². The van der Waals surface area contributed by atoms with E-state index in [0.29, 0.717) is 18.3 Å². The monoisotopic (exact) mass is 217 g/mol. The average Bonchev–Trinajstić information content (AvgIpc) is 2.35. The van der Waals surface area contributed by atoms with Crippen molar-refractivity contribution in [3.63, 3.8) is 0 Å². The van der Waals surface area contributed by atoms with Crippen LogP contribution in [0.3, 0.4) is 0 Å². The first-order valence-electron chi connectivity index (χ1n) is 5.98. The predicted octanol–water partition coefficient (Wildman–Crippen LogP) is 3.47.